The average Bonchev–Trinajstić information content (AvgIpc) is 2.31. The van der Waals surface area contributed by atoms with Crippen LogP contribution in [0.25, 0.3) is 0 Å². The lowest BCUT2D eigenvalue weighted by Crippen LogP contribution is -2.14. The van der Waals surface area contributed by atoms with Gasteiger partial charge in [-0.2, -0.15) is 0 Å². The molecule has 0 aliphatic rings. The van der Waals surface area contributed by atoms with Gasteiger partial charge in [0, 0.05) is 6.07 Å². The Hall–Kier alpha value is -1.66. The zero-order valence-corrected chi connectivity index (χ0v) is 11.9. The third-order valence-electron chi connectivity index (χ3n) is 2.52. The van der Waals surface area contributed by atoms with Crippen LogP contribution in [0.5, 0.6) is 0 Å². The Morgan fingerprint density at radius 3 is 2.20 bits per heavy atom. The number of anilines is 1. The quantitative estimate of drug-likeness (QED) is 0.937. The molecule has 0 aliphatic carbocycles. The number of aryl methyl sites for hydroxylation is 1. The van der Waals surface area contributed by atoms with E-state index >= 15 is 0 Å². The third kappa shape index (κ3) is 3.26. The van der Waals surface area contributed by atoms with Gasteiger partial charge in [0.2, 0.25) is 0 Å². The summed E-state index contributed by atoms with van der Waals surface area (Å²) in [7, 11) is -4.11. The molecule has 106 valence electrons. The minimum atomic E-state index is -4.11. The standard InChI is InChI=1S/C13H10ClF2NO2S/c1-8-2-3-13(12(14)4-8)17-20(18,19)11-6-9(15)5-10(16)7-11/h2-7,17H,1H3. The van der Waals surface area contributed by atoms with Crippen LogP contribution in [0.3, 0.4) is 0 Å². The van der Waals surface area contributed by atoms with Gasteiger partial charge >= 0.3 is 0 Å². The number of halogens is 3. The van der Waals surface area contributed by atoms with Crippen LogP contribution in [0.4, 0.5) is 14.5 Å². The molecular formula is C13H10ClF2NO2S. The first kappa shape index (κ1) is 14.7. The summed E-state index contributed by atoms with van der Waals surface area (Å²) in [5.41, 5.74) is 0.997. The van der Waals surface area contributed by atoms with Crippen molar-refractivity contribution < 1.29 is 17.2 Å². The highest BCUT2D eigenvalue weighted by Gasteiger charge is 2.17. The zero-order chi connectivity index (χ0) is 14.9. The molecule has 0 saturated carbocycles. The lowest BCUT2D eigenvalue weighted by Gasteiger charge is -2.10. The summed E-state index contributed by atoms with van der Waals surface area (Å²) in [4.78, 5) is -0.508. The fraction of sp³-hybridized carbons (Fsp3) is 0.0769. The van der Waals surface area contributed by atoms with Gasteiger partial charge in [-0.05, 0) is 36.8 Å². The van der Waals surface area contributed by atoms with Crippen LogP contribution < -0.4 is 4.72 Å². The van der Waals surface area contributed by atoms with E-state index in [0.29, 0.717) is 6.07 Å². The van der Waals surface area contributed by atoms with E-state index in [1.165, 1.54) is 6.07 Å². The van der Waals surface area contributed by atoms with Crippen molar-refractivity contribution in [1.29, 1.82) is 0 Å². The lowest BCUT2D eigenvalue weighted by atomic mass is 10.2. The molecule has 0 heterocycles. The molecule has 0 atom stereocenters. The SMILES string of the molecule is Cc1ccc(NS(=O)(=O)c2cc(F)cc(F)c2)c(Cl)c1. The summed E-state index contributed by atoms with van der Waals surface area (Å²) in [6.07, 6.45) is 0. The largest absolute Gasteiger partial charge is 0.278 e. The molecule has 0 aliphatic heterocycles. The van der Waals surface area contributed by atoms with Crippen molar-refractivity contribution in [2.24, 2.45) is 0 Å². The van der Waals surface area contributed by atoms with Crippen molar-refractivity contribution in [3.8, 4) is 0 Å². The Kier molecular flexibility index (Phi) is 3.96. The fourth-order valence-electron chi connectivity index (χ4n) is 1.59. The molecule has 2 rings (SSSR count). The van der Waals surface area contributed by atoms with Crippen LogP contribution in [0.2, 0.25) is 5.02 Å². The maximum absolute atomic E-state index is 13.1. The van der Waals surface area contributed by atoms with Crippen LogP contribution in [0.1, 0.15) is 5.56 Å². The predicted molar refractivity (Wildman–Crippen MR) is 73.4 cm³/mol. The van der Waals surface area contributed by atoms with Crippen LogP contribution in [-0.4, -0.2) is 8.42 Å². The molecule has 2 aromatic carbocycles. The van der Waals surface area contributed by atoms with Gasteiger partial charge in [-0.25, -0.2) is 17.2 Å². The predicted octanol–water partition coefficient (Wildman–Crippen LogP) is 3.73. The lowest BCUT2D eigenvalue weighted by molar-refractivity contribution is 0.568. The summed E-state index contributed by atoms with van der Waals surface area (Å²) in [5.74, 6) is -1.94. The Labute approximate surface area is 120 Å². The first-order valence-corrected chi connectivity index (χ1v) is 7.39. The van der Waals surface area contributed by atoms with Crippen molar-refractivity contribution in [3.63, 3.8) is 0 Å². The molecule has 0 fully saturated rings. The summed E-state index contributed by atoms with van der Waals surface area (Å²) in [6.45, 7) is 1.80. The fourth-order valence-corrected chi connectivity index (χ4v) is 3.05. The highest BCUT2D eigenvalue weighted by molar-refractivity contribution is 7.92. The monoisotopic (exact) mass is 317 g/mol. The van der Waals surface area contributed by atoms with Gasteiger partial charge in [-0.3, -0.25) is 4.72 Å². The Morgan fingerprint density at radius 1 is 1.05 bits per heavy atom. The van der Waals surface area contributed by atoms with Crippen molar-refractivity contribution in [1.82, 2.24) is 0 Å². The van der Waals surface area contributed by atoms with Crippen molar-refractivity contribution in [2.45, 2.75) is 11.8 Å². The van der Waals surface area contributed by atoms with Crippen LogP contribution in [0.15, 0.2) is 41.3 Å². The smallest absolute Gasteiger partial charge is 0.262 e. The first-order chi connectivity index (χ1) is 9.28. The van der Waals surface area contributed by atoms with E-state index in [2.05, 4.69) is 4.72 Å². The Morgan fingerprint density at radius 2 is 1.65 bits per heavy atom. The summed E-state index contributed by atoms with van der Waals surface area (Å²) >= 11 is 5.91. The second-order valence-corrected chi connectivity index (χ2v) is 6.28. The van der Waals surface area contributed by atoms with E-state index in [4.69, 9.17) is 11.6 Å². The van der Waals surface area contributed by atoms with E-state index in [9.17, 15) is 17.2 Å². The minimum Gasteiger partial charge on any atom is -0.278 e. The number of nitrogens with one attached hydrogen (secondary N) is 1. The van der Waals surface area contributed by atoms with Gasteiger partial charge in [0.1, 0.15) is 11.6 Å². The van der Waals surface area contributed by atoms with Crippen LogP contribution in [-0.2, 0) is 10.0 Å². The van der Waals surface area contributed by atoms with E-state index in [1.54, 1.807) is 19.1 Å². The topological polar surface area (TPSA) is 46.2 Å². The molecule has 0 aromatic heterocycles. The molecule has 0 amide bonds. The van der Waals surface area contributed by atoms with Gasteiger partial charge in [-0.15, -0.1) is 0 Å². The Bertz CT molecular complexity index is 743. The maximum atomic E-state index is 13.1. The van der Waals surface area contributed by atoms with Gasteiger partial charge in [0.25, 0.3) is 10.0 Å². The Balaban J connectivity index is 2.40. The molecule has 20 heavy (non-hydrogen) atoms. The molecule has 0 spiro atoms. The summed E-state index contributed by atoms with van der Waals surface area (Å²) in [6, 6.07) is 6.77. The van der Waals surface area contributed by atoms with E-state index in [1.807, 2.05) is 0 Å². The maximum Gasteiger partial charge on any atom is 0.262 e. The summed E-state index contributed by atoms with van der Waals surface area (Å²) < 4.78 is 52.4. The van der Waals surface area contributed by atoms with Gasteiger partial charge in [0.05, 0.1) is 15.6 Å². The van der Waals surface area contributed by atoms with Crippen molar-refractivity contribution >= 4 is 27.3 Å². The normalized spacial score (nSPS) is 11.4. The van der Waals surface area contributed by atoms with E-state index in [-0.39, 0.29) is 10.7 Å². The van der Waals surface area contributed by atoms with Gasteiger partial charge in [0.15, 0.2) is 0 Å². The van der Waals surface area contributed by atoms with Gasteiger partial charge in [-0.1, -0.05) is 17.7 Å². The molecular weight excluding hydrogens is 308 g/mol. The van der Waals surface area contributed by atoms with Crippen molar-refractivity contribution in [3.05, 3.63) is 58.6 Å². The molecule has 0 radical (unpaired) electrons. The number of hydrogen-bond donors (Lipinski definition) is 1. The van der Waals surface area contributed by atoms with E-state index < -0.39 is 26.6 Å². The number of hydrogen-bond acceptors (Lipinski definition) is 2. The van der Waals surface area contributed by atoms with Gasteiger partial charge < -0.3 is 0 Å². The molecule has 2 aromatic rings. The molecule has 0 unspecified atom stereocenters. The van der Waals surface area contributed by atoms with Crippen LogP contribution in [0, 0.1) is 18.6 Å². The third-order valence-corrected chi connectivity index (χ3v) is 4.17. The molecule has 0 saturated heterocycles. The molecule has 7 heteroatoms. The highest BCUT2D eigenvalue weighted by atomic mass is 35.5. The molecule has 1 N–H and O–H groups in total. The van der Waals surface area contributed by atoms with Crippen molar-refractivity contribution in [2.75, 3.05) is 4.72 Å². The number of benzene rings is 2. The summed E-state index contributed by atoms with van der Waals surface area (Å²) in [5, 5.41) is 0.199. The first-order valence-electron chi connectivity index (χ1n) is 5.53. The molecule has 3 nitrogen and oxygen atoms in total. The number of sulfonamides is 1. The van der Waals surface area contributed by atoms with E-state index in [0.717, 1.165) is 17.7 Å². The second kappa shape index (κ2) is 5.38. The van der Waals surface area contributed by atoms with Crippen LogP contribution >= 0.6 is 11.6 Å². The zero-order valence-electron chi connectivity index (χ0n) is 10.3. The average molecular weight is 318 g/mol. The second-order valence-electron chi connectivity index (χ2n) is 4.19. The molecule has 0 bridgehead atoms. The highest BCUT2D eigenvalue weighted by Crippen LogP contribution is 2.26. The minimum absolute atomic E-state index is 0.141. The number of rotatable bonds is 3.